The molecule has 1 saturated heterocycles. The van der Waals surface area contributed by atoms with Crippen LogP contribution in [0.2, 0.25) is 0 Å². The summed E-state index contributed by atoms with van der Waals surface area (Å²) in [6.45, 7) is 5.04. The van der Waals surface area contributed by atoms with Crippen LogP contribution in [0.5, 0.6) is 5.75 Å². The Bertz CT molecular complexity index is 459. The minimum atomic E-state index is 0.00936. The van der Waals surface area contributed by atoms with Gasteiger partial charge >= 0.3 is 0 Å². The van der Waals surface area contributed by atoms with Crippen LogP contribution in [0.1, 0.15) is 31.2 Å². The number of ether oxygens (including phenoxy) is 1. The molecule has 122 valence electrons. The Labute approximate surface area is 132 Å². The number of hydrogen-bond donors (Lipinski definition) is 2. The van der Waals surface area contributed by atoms with Gasteiger partial charge in [-0.25, -0.2) is 0 Å². The molecule has 0 unspecified atom stereocenters. The zero-order chi connectivity index (χ0) is 15.6. The summed E-state index contributed by atoms with van der Waals surface area (Å²) < 4.78 is 5.76. The first-order valence-electron chi connectivity index (χ1n) is 8.19. The van der Waals surface area contributed by atoms with Crippen LogP contribution < -0.4 is 15.8 Å². The minimum Gasteiger partial charge on any atom is -0.494 e. The number of nitrogens with zero attached hydrogens (tertiary/aromatic N) is 1. The van der Waals surface area contributed by atoms with Crippen molar-refractivity contribution in [1.82, 2.24) is 10.2 Å². The van der Waals surface area contributed by atoms with E-state index in [4.69, 9.17) is 10.5 Å². The maximum atomic E-state index is 11.2. The number of carbonyl (C=O) groups is 1. The van der Waals surface area contributed by atoms with E-state index in [9.17, 15) is 4.79 Å². The second-order valence-electron chi connectivity index (χ2n) is 5.72. The highest BCUT2D eigenvalue weighted by Crippen LogP contribution is 2.17. The van der Waals surface area contributed by atoms with Gasteiger partial charge in [0.1, 0.15) is 5.75 Å². The van der Waals surface area contributed by atoms with Gasteiger partial charge in [0.05, 0.1) is 6.61 Å². The molecule has 0 aromatic heterocycles. The van der Waals surface area contributed by atoms with E-state index in [1.807, 2.05) is 12.1 Å². The van der Waals surface area contributed by atoms with E-state index < -0.39 is 0 Å². The maximum Gasteiger partial charge on any atom is 0.221 e. The molecule has 0 spiro atoms. The van der Waals surface area contributed by atoms with Crippen molar-refractivity contribution in [2.24, 2.45) is 5.73 Å². The molecule has 1 aliphatic heterocycles. The summed E-state index contributed by atoms with van der Waals surface area (Å²) in [5, 5.41) is 2.82. The van der Waals surface area contributed by atoms with Crippen LogP contribution in [-0.4, -0.2) is 43.6 Å². The predicted molar refractivity (Wildman–Crippen MR) is 87.7 cm³/mol. The summed E-state index contributed by atoms with van der Waals surface area (Å²) in [4.78, 5) is 13.7. The molecule has 22 heavy (non-hydrogen) atoms. The Balaban J connectivity index is 1.66. The van der Waals surface area contributed by atoms with Gasteiger partial charge in [0.15, 0.2) is 0 Å². The molecule has 1 aromatic carbocycles. The minimum absolute atomic E-state index is 0.00936. The van der Waals surface area contributed by atoms with Crippen LogP contribution in [0.4, 0.5) is 0 Å². The monoisotopic (exact) mass is 305 g/mol. The first kappa shape index (κ1) is 16.8. The van der Waals surface area contributed by atoms with Crippen molar-refractivity contribution in [2.45, 2.75) is 32.2 Å². The molecule has 5 nitrogen and oxygen atoms in total. The van der Waals surface area contributed by atoms with Gasteiger partial charge in [-0.1, -0.05) is 12.1 Å². The van der Waals surface area contributed by atoms with Crippen molar-refractivity contribution in [3.63, 3.8) is 0 Å². The summed E-state index contributed by atoms with van der Waals surface area (Å²) in [5.41, 5.74) is 6.62. The van der Waals surface area contributed by atoms with E-state index in [1.54, 1.807) is 0 Å². The van der Waals surface area contributed by atoms with Gasteiger partial charge in [0.2, 0.25) is 5.91 Å². The third kappa shape index (κ3) is 6.03. The van der Waals surface area contributed by atoms with Gasteiger partial charge in [-0.3, -0.25) is 9.69 Å². The Morgan fingerprint density at radius 2 is 2.14 bits per heavy atom. The number of likely N-dealkylation sites (tertiary alicyclic amines) is 1. The number of benzene rings is 1. The summed E-state index contributed by atoms with van der Waals surface area (Å²) in [7, 11) is 0. The Hall–Kier alpha value is -1.59. The van der Waals surface area contributed by atoms with Crippen molar-refractivity contribution in [3.8, 4) is 5.75 Å². The highest BCUT2D eigenvalue weighted by Gasteiger charge is 2.11. The van der Waals surface area contributed by atoms with Crippen LogP contribution in [-0.2, 0) is 11.3 Å². The second kappa shape index (κ2) is 9.43. The van der Waals surface area contributed by atoms with Crippen molar-refractivity contribution in [3.05, 3.63) is 29.8 Å². The molecule has 0 bridgehead atoms. The highest BCUT2D eigenvalue weighted by atomic mass is 16.5. The lowest BCUT2D eigenvalue weighted by molar-refractivity contribution is -0.120. The van der Waals surface area contributed by atoms with Crippen molar-refractivity contribution < 1.29 is 9.53 Å². The summed E-state index contributed by atoms with van der Waals surface area (Å²) in [5.74, 6) is 0.917. The molecule has 0 radical (unpaired) electrons. The average Bonchev–Trinajstić information content (AvgIpc) is 3.00. The quantitative estimate of drug-likeness (QED) is 0.679. The van der Waals surface area contributed by atoms with E-state index in [-0.39, 0.29) is 5.91 Å². The van der Waals surface area contributed by atoms with E-state index in [0.717, 1.165) is 18.7 Å². The molecule has 1 fully saturated rings. The van der Waals surface area contributed by atoms with Crippen molar-refractivity contribution in [1.29, 1.82) is 0 Å². The first-order valence-corrected chi connectivity index (χ1v) is 8.19. The molecule has 5 heteroatoms. The molecule has 1 amide bonds. The predicted octanol–water partition coefficient (Wildman–Crippen LogP) is 1.52. The lowest BCUT2D eigenvalue weighted by Gasteiger charge is -2.15. The first-order chi connectivity index (χ1) is 10.8. The van der Waals surface area contributed by atoms with Crippen LogP contribution in [0, 0.1) is 0 Å². The zero-order valence-corrected chi connectivity index (χ0v) is 13.2. The van der Waals surface area contributed by atoms with E-state index in [2.05, 4.69) is 22.3 Å². The third-order valence-corrected chi connectivity index (χ3v) is 3.79. The normalized spacial score (nSPS) is 15.0. The number of nitrogens with two attached hydrogens (primary N) is 1. The highest BCUT2D eigenvalue weighted by molar-refractivity contribution is 5.75. The summed E-state index contributed by atoms with van der Waals surface area (Å²) >= 11 is 0. The molecule has 0 aliphatic carbocycles. The van der Waals surface area contributed by atoms with Crippen LogP contribution in [0.25, 0.3) is 0 Å². The van der Waals surface area contributed by atoms with Crippen LogP contribution >= 0.6 is 0 Å². The largest absolute Gasteiger partial charge is 0.494 e. The fraction of sp³-hybridized carbons (Fsp3) is 0.588. The molecule has 2 rings (SSSR count). The molecule has 3 N–H and O–H groups in total. The van der Waals surface area contributed by atoms with Gasteiger partial charge in [0, 0.05) is 26.1 Å². The smallest absolute Gasteiger partial charge is 0.221 e. The Kier molecular flexibility index (Phi) is 7.19. The van der Waals surface area contributed by atoms with Crippen molar-refractivity contribution >= 4 is 5.91 Å². The molecule has 0 atom stereocenters. The molecular weight excluding hydrogens is 278 g/mol. The number of carbonyl (C=O) groups excluding carboxylic acids is 1. The summed E-state index contributed by atoms with van der Waals surface area (Å²) in [6, 6.07) is 8.30. The Morgan fingerprint density at radius 1 is 1.32 bits per heavy atom. The maximum absolute atomic E-state index is 11.2. The van der Waals surface area contributed by atoms with Gasteiger partial charge in [-0.05, 0) is 50.0 Å². The van der Waals surface area contributed by atoms with E-state index in [1.165, 1.54) is 31.5 Å². The number of amides is 1. The number of hydrogen-bond acceptors (Lipinski definition) is 4. The fourth-order valence-corrected chi connectivity index (χ4v) is 2.64. The van der Waals surface area contributed by atoms with Gasteiger partial charge in [-0.15, -0.1) is 0 Å². The van der Waals surface area contributed by atoms with Gasteiger partial charge in [-0.2, -0.15) is 0 Å². The molecule has 1 aromatic rings. The molecular formula is C17H27N3O2. The third-order valence-electron chi connectivity index (χ3n) is 3.79. The van der Waals surface area contributed by atoms with Gasteiger partial charge in [0.25, 0.3) is 0 Å². The van der Waals surface area contributed by atoms with Crippen LogP contribution in [0.3, 0.4) is 0 Å². The molecule has 0 saturated carbocycles. The lowest BCUT2D eigenvalue weighted by Crippen LogP contribution is -2.27. The van der Waals surface area contributed by atoms with Crippen LogP contribution in [0.15, 0.2) is 24.3 Å². The van der Waals surface area contributed by atoms with E-state index >= 15 is 0 Å². The van der Waals surface area contributed by atoms with Gasteiger partial charge < -0.3 is 15.8 Å². The number of rotatable bonds is 9. The second-order valence-corrected chi connectivity index (χ2v) is 5.72. The average molecular weight is 305 g/mol. The summed E-state index contributed by atoms with van der Waals surface area (Å²) in [6.07, 6.45) is 3.81. The lowest BCUT2D eigenvalue weighted by atomic mass is 10.2. The molecule has 1 aliphatic rings. The van der Waals surface area contributed by atoms with Crippen molar-refractivity contribution in [2.75, 3.05) is 32.8 Å². The topological polar surface area (TPSA) is 67.6 Å². The Morgan fingerprint density at radius 3 is 2.91 bits per heavy atom. The standard InChI is InChI=1S/C17H27N3O2/c18-8-7-17(21)19-9-4-12-22-16-6-3-5-15(13-16)14-20-10-1-2-11-20/h3,5-6,13H,1-2,4,7-12,14,18H2,(H,19,21). The number of nitrogens with one attached hydrogen (secondary N) is 1. The fourth-order valence-electron chi connectivity index (χ4n) is 2.64. The van der Waals surface area contributed by atoms with E-state index in [0.29, 0.717) is 26.1 Å². The zero-order valence-electron chi connectivity index (χ0n) is 13.2. The molecule has 1 heterocycles. The SMILES string of the molecule is NCCC(=O)NCCCOc1cccc(CN2CCCC2)c1.